The highest BCUT2D eigenvalue weighted by molar-refractivity contribution is 5.92. The number of piperidine rings is 1. The van der Waals surface area contributed by atoms with Crippen LogP contribution in [0.5, 0.6) is 0 Å². The zero-order valence-electron chi connectivity index (χ0n) is 4.05. The van der Waals surface area contributed by atoms with Crippen molar-refractivity contribution in [2.45, 2.75) is 12.5 Å². The van der Waals surface area contributed by atoms with E-state index in [9.17, 15) is 4.79 Å². The molecule has 2 rings (SSSR count). The van der Waals surface area contributed by atoms with Gasteiger partial charge in [0.1, 0.15) is 0 Å². The van der Waals surface area contributed by atoms with Crippen LogP contribution < -0.4 is 0 Å². The maximum atomic E-state index is 10.5. The van der Waals surface area contributed by atoms with Gasteiger partial charge in [-0.2, -0.15) is 0 Å². The first kappa shape index (κ1) is 3.61. The molecule has 7 heavy (non-hydrogen) atoms. The SMILES string of the molecule is O=C1CN2CCC12. The Kier molecular flexibility index (Phi) is 0.460. The van der Waals surface area contributed by atoms with Crippen LogP contribution in [-0.2, 0) is 4.79 Å². The van der Waals surface area contributed by atoms with E-state index in [1.54, 1.807) is 0 Å². The Morgan fingerprint density at radius 3 is 2.57 bits per heavy atom. The molecule has 38 valence electrons. The van der Waals surface area contributed by atoms with Crippen LogP contribution in [0.4, 0.5) is 0 Å². The highest BCUT2D eigenvalue weighted by Gasteiger charge is 2.43. The number of carbonyl (C=O) groups is 1. The van der Waals surface area contributed by atoms with Crippen LogP contribution in [0.1, 0.15) is 6.42 Å². The maximum Gasteiger partial charge on any atom is 0.163 e. The second kappa shape index (κ2) is 0.892. The summed E-state index contributed by atoms with van der Waals surface area (Å²) < 4.78 is 0. The van der Waals surface area contributed by atoms with E-state index in [-0.39, 0.29) is 0 Å². The summed E-state index contributed by atoms with van der Waals surface area (Å²) in [5.41, 5.74) is 0. The van der Waals surface area contributed by atoms with Crippen LogP contribution in [0.2, 0.25) is 0 Å². The highest BCUT2D eigenvalue weighted by Crippen LogP contribution is 2.25. The van der Waals surface area contributed by atoms with Crippen molar-refractivity contribution in [1.29, 1.82) is 0 Å². The molecule has 2 heterocycles. The lowest BCUT2D eigenvalue weighted by Gasteiger charge is -2.48. The molecule has 2 heteroatoms. The number of rotatable bonds is 0. The molecule has 0 spiro atoms. The molecule has 0 aliphatic carbocycles. The molecule has 1 atom stereocenters. The Labute approximate surface area is 42.1 Å². The van der Waals surface area contributed by atoms with Gasteiger partial charge in [0, 0.05) is 6.54 Å². The lowest BCUT2D eigenvalue weighted by molar-refractivity contribution is -0.145. The van der Waals surface area contributed by atoms with Gasteiger partial charge in [-0.3, -0.25) is 9.69 Å². The Balaban J connectivity index is 2.11. The molecule has 0 N–H and O–H groups in total. The van der Waals surface area contributed by atoms with Crippen molar-refractivity contribution >= 4 is 5.78 Å². The second-order valence-corrected chi connectivity index (χ2v) is 2.24. The first-order chi connectivity index (χ1) is 3.38. The van der Waals surface area contributed by atoms with Crippen LogP contribution in [0, 0.1) is 0 Å². The number of ketones is 1. The summed E-state index contributed by atoms with van der Waals surface area (Å²) in [5, 5.41) is 0. The summed E-state index contributed by atoms with van der Waals surface area (Å²) in [4.78, 5) is 12.6. The van der Waals surface area contributed by atoms with Gasteiger partial charge >= 0.3 is 0 Å². The van der Waals surface area contributed by atoms with Gasteiger partial charge in [-0.15, -0.1) is 0 Å². The molecule has 0 bridgehead atoms. The molecule has 2 aliphatic rings. The van der Waals surface area contributed by atoms with E-state index in [0.29, 0.717) is 11.8 Å². The zero-order valence-corrected chi connectivity index (χ0v) is 4.05. The summed E-state index contributed by atoms with van der Waals surface area (Å²) >= 11 is 0. The summed E-state index contributed by atoms with van der Waals surface area (Å²) in [6.45, 7) is 1.90. The second-order valence-electron chi connectivity index (χ2n) is 2.24. The van der Waals surface area contributed by atoms with Gasteiger partial charge in [-0.05, 0) is 6.42 Å². The molecule has 2 aliphatic heterocycles. The molecule has 2 fully saturated rings. The number of carbonyl (C=O) groups excluding carboxylic acids is 1. The molecule has 0 amide bonds. The molecule has 0 aromatic rings. The quantitative estimate of drug-likeness (QED) is 0.411. The summed E-state index contributed by atoms with van der Waals surface area (Å²) in [6, 6.07) is 0.375. The van der Waals surface area contributed by atoms with Gasteiger partial charge in [-0.25, -0.2) is 0 Å². The van der Waals surface area contributed by atoms with Gasteiger partial charge in [-0.1, -0.05) is 0 Å². The molecule has 0 radical (unpaired) electrons. The van der Waals surface area contributed by atoms with E-state index in [4.69, 9.17) is 0 Å². The average Bonchev–Trinajstić information content (AvgIpc) is 1.59. The van der Waals surface area contributed by atoms with Gasteiger partial charge in [0.2, 0.25) is 0 Å². The van der Waals surface area contributed by atoms with Crippen molar-refractivity contribution < 1.29 is 4.79 Å². The predicted octanol–water partition coefficient (Wildman–Crippen LogP) is -0.357. The third kappa shape index (κ3) is 0.268. The van der Waals surface area contributed by atoms with Crippen molar-refractivity contribution in [3.05, 3.63) is 0 Å². The molecule has 1 unspecified atom stereocenters. The molecule has 0 aromatic heterocycles. The van der Waals surface area contributed by atoms with Crippen molar-refractivity contribution in [3.8, 4) is 0 Å². The van der Waals surface area contributed by atoms with Crippen molar-refractivity contribution in [3.63, 3.8) is 0 Å². The van der Waals surface area contributed by atoms with Crippen molar-refractivity contribution in [1.82, 2.24) is 4.90 Å². The fourth-order valence-corrected chi connectivity index (χ4v) is 1.19. The van der Waals surface area contributed by atoms with E-state index >= 15 is 0 Å². The normalized spacial score (nSPS) is 38.9. The number of hydrogen-bond donors (Lipinski definition) is 0. The lowest BCUT2D eigenvalue weighted by atomic mass is 9.89. The maximum absolute atomic E-state index is 10.5. The number of hydrogen-bond acceptors (Lipinski definition) is 2. The molecule has 2 nitrogen and oxygen atoms in total. The van der Waals surface area contributed by atoms with Crippen molar-refractivity contribution in [2.24, 2.45) is 0 Å². The first-order valence-corrected chi connectivity index (χ1v) is 2.65. The first-order valence-electron chi connectivity index (χ1n) is 2.65. The van der Waals surface area contributed by atoms with Gasteiger partial charge in [0.05, 0.1) is 12.6 Å². The van der Waals surface area contributed by atoms with Crippen LogP contribution in [0.3, 0.4) is 0 Å². The summed E-state index contributed by atoms with van der Waals surface area (Å²) in [6.07, 6.45) is 1.12. The topological polar surface area (TPSA) is 20.3 Å². The van der Waals surface area contributed by atoms with E-state index in [0.717, 1.165) is 19.5 Å². The highest BCUT2D eigenvalue weighted by atomic mass is 16.1. The average molecular weight is 97.1 g/mol. The van der Waals surface area contributed by atoms with E-state index in [2.05, 4.69) is 4.90 Å². The monoisotopic (exact) mass is 97.1 g/mol. The van der Waals surface area contributed by atoms with E-state index in [1.165, 1.54) is 0 Å². The molecule has 0 aromatic carbocycles. The molecular formula is C5H7NO. The Morgan fingerprint density at radius 1 is 1.71 bits per heavy atom. The van der Waals surface area contributed by atoms with Crippen LogP contribution in [0.25, 0.3) is 0 Å². The minimum atomic E-state index is 0.375. The van der Waals surface area contributed by atoms with Crippen molar-refractivity contribution in [2.75, 3.05) is 13.1 Å². The Bertz CT molecular complexity index is 121. The van der Waals surface area contributed by atoms with Crippen LogP contribution in [0.15, 0.2) is 0 Å². The zero-order chi connectivity index (χ0) is 4.85. The Morgan fingerprint density at radius 2 is 2.57 bits per heavy atom. The van der Waals surface area contributed by atoms with Crippen LogP contribution >= 0.6 is 0 Å². The number of fused-ring (bicyclic) bond motifs is 1. The standard InChI is InChI=1S/C5H7NO/c7-5-3-6-2-1-4(5)6/h4H,1-3H2. The number of Topliss-reactive ketones (excluding diaryl/α,β-unsaturated/α-hetero) is 1. The largest absolute Gasteiger partial charge is 0.296 e. The van der Waals surface area contributed by atoms with E-state index in [1.807, 2.05) is 0 Å². The molecular weight excluding hydrogens is 90.1 g/mol. The lowest BCUT2D eigenvalue weighted by Crippen LogP contribution is -2.65. The summed E-state index contributed by atoms with van der Waals surface area (Å²) in [5.74, 6) is 0.450. The third-order valence-electron chi connectivity index (χ3n) is 1.86. The smallest absolute Gasteiger partial charge is 0.163 e. The molecule has 0 saturated carbocycles. The fraction of sp³-hybridized carbons (Fsp3) is 0.800. The Hall–Kier alpha value is -0.370. The fourth-order valence-electron chi connectivity index (χ4n) is 1.19. The van der Waals surface area contributed by atoms with Gasteiger partial charge in [0.25, 0.3) is 0 Å². The molecule has 2 saturated heterocycles. The number of nitrogens with zero attached hydrogens (tertiary/aromatic N) is 1. The predicted molar refractivity (Wildman–Crippen MR) is 25.0 cm³/mol. The minimum Gasteiger partial charge on any atom is -0.296 e. The van der Waals surface area contributed by atoms with Gasteiger partial charge < -0.3 is 0 Å². The van der Waals surface area contributed by atoms with Crippen LogP contribution in [-0.4, -0.2) is 29.8 Å². The van der Waals surface area contributed by atoms with E-state index < -0.39 is 0 Å². The third-order valence-corrected chi connectivity index (χ3v) is 1.86. The summed E-state index contributed by atoms with van der Waals surface area (Å²) in [7, 11) is 0. The minimum absolute atomic E-state index is 0.375. The van der Waals surface area contributed by atoms with Gasteiger partial charge in [0.15, 0.2) is 5.78 Å².